The van der Waals surface area contributed by atoms with Gasteiger partial charge in [-0.05, 0) is 48.9 Å². The molecule has 28 heavy (non-hydrogen) atoms. The van der Waals surface area contributed by atoms with E-state index < -0.39 is 5.82 Å². The molecule has 3 aromatic rings. The van der Waals surface area contributed by atoms with Crippen molar-refractivity contribution >= 4 is 28.2 Å². The minimum absolute atomic E-state index is 0.204. The summed E-state index contributed by atoms with van der Waals surface area (Å²) in [5.41, 5.74) is 2.65. The van der Waals surface area contributed by atoms with Crippen LogP contribution in [0.1, 0.15) is 15.9 Å². The van der Waals surface area contributed by atoms with Crippen LogP contribution in [0.4, 0.5) is 20.2 Å². The Labute approximate surface area is 160 Å². The van der Waals surface area contributed by atoms with Gasteiger partial charge in [0.05, 0.1) is 30.0 Å². The molecule has 1 aliphatic heterocycles. The number of nitrogens with one attached hydrogen (secondary N) is 1. The Kier molecular flexibility index (Phi) is 4.92. The lowest BCUT2D eigenvalue weighted by Crippen LogP contribution is -2.41. The molecule has 1 saturated heterocycles. The fraction of sp³-hybridized carbons (Fsp3) is 0.238. The van der Waals surface area contributed by atoms with Crippen LogP contribution in [-0.2, 0) is 4.74 Å². The Morgan fingerprint density at radius 3 is 2.57 bits per heavy atom. The van der Waals surface area contributed by atoms with Crippen LogP contribution in [0.15, 0.2) is 42.6 Å². The number of aryl methyl sites for hydroxylation is 1. The van der Waals surface area contributed by atoms with E-state index in [0.717, 1.165) is 0 Å². The lowest BCUT2D eigenvalue weighted by atomic mass is 10.1. The van der Waals surface area contributed by atoms with E-state index >= 15 is 0 Å². The number of anilines is 2. The number of rotatable bonds is 3. The Bertz CT molecular complexity index is 1050. The van der Waals surface area contributed by atoms with Gasteiger partial charge in [0, 0.05) is 30.4 Å². The standard InChI is InChI=1S/C21H19F2N3O2/c1-13-10-14(22)2-4-18(13)25-20-16-11-15(23)3-5-19(16)24-12-17(20)21(27)26-6-8-28-9-7-26/h2-5,10-12H,6-9H2,1H3,(H,24,25). The van der Waals surface area contributed by atoms with Crippen molar-refractivity contribution in [2.45, 2.75) is 6.92 Å². The number of hydrogen-bond acceptors (Lipinski definition) is 4. The number of carbonyl (C=O) groups is 1. The number of aromatic nitrogens is 1. The van der Waals surface area contributed by atoms with E-state index in [-0.39, 0.29) is 11.7 Å². The van der Waals surface area contributed by atoms with Crippen molar-refractivity contribution in [3.63, 3.8) is 0 Å². The smallest absolute Gasteiger partial charge is 0.257 e. The molecule has 0 bridgehead atoms. The van der Waals surface area contributed by atoms with Gasteiger partial charge in [-0.2, -0.15) is 0 Å². The van der Waals surface area contributed by atoms with Crippen LogP contribution in [0.25, 0.3) is 10.9 Å². The first-order valence-corrected chi connectivity index (χ1v) is 9.01. The Balaban J connectivity index is 1.84. The zero-order valence-corrected chi connectivity index (χ0v) is 15.3. The molecule has 1 N–H and O–H groups in total. The van der Waals surface area contributed by atoms with E-state index in [1.165, 1.54) is 30.5 Å². The van der Waals surface area contributed by atoms with Crippen LogP contribution in [0.3, 0.4) is 0 Å². The highest BCUT2D eigenvalue weighted by Crippen LogP contribution is 2.32. The van der Waals surface area contributed by atoms with E-state index in [9.17, 15) is 13.6 Å². The van der Waals surface area contributed by atoms with E-state index in [2.05, 4.69) is 10.3 Å². The quantitative estimate of drug-likeness (QED) is 0.742. The summed E-state index contributed by atoms with van der Waals surface area (Å²) in [7, 11) is 0. The van der Waals surface area contributed by atoms with Gasteiger partial charge in [-0.25, -0.2) is 8.78 Å². The first-order chi connectivity index (χ1) is 13.5. The average Bonchev–Trinajstić information content (AvgIpc) is 2.70. The van der Waals surface area contributed by atoms with Gasteiger partial charge in [0.25, 0.3) is 5.91 Å². The number of ether oxygens (including phenoxy) is 1. The first kappa shape index (κ1) is 18.3. The summed E-state index contributed by atoms with van der Waals surface area (Å²) < 4.78 is 32.8. The van der Waals surface area contributed by atoms with Crippen molar-refractivity contribution in [2.24, 2.45) is 0 Å². The Morgan fingerprint density at radius 2 is 1.82 bits per heavy atom. The third-order valence-electron chi connectivity index (χ3n) is 4.81. The number of nitrogens with zero attached hydrogens (tertiary/aromatic N) is 2. The number of carbonyl (C=O) groups excluding carboxylic acids is 1. The van der Waals surface area contributed by atoms with Crippen LogP contribution in [0, 0.1) is 18.6 Å². The van der Waals surface area contributed by atoms with Crippen molar-refractivity contribution in [3.05, 3.63) is 65.4 Å². The second-order valence-corrected chi connectivity index (χ2v) is 6.70. The van der Waals surface area contributed by atoms with Gasteiger partial charge in [0.2, 0.25) is 0 Å². The normalized spacial score (nSPS) is 14.3. The van der Waals surface area contributed by atoms with E-state index in [4.69, 9.17) is 4.74 Å². The zero-order valence-electron chi connectivity index (χ0n) is 15.3. The highest BCUT2D eigenvalue weighted by Gasteiger charge is 2.23. The molecule has 1 amide bonds. The summed E-state index contributed by atoms with van der Waals surface area (Å²) in [4.78, 5) is 19.1. The molecule has 2 heterocycles. The summed E-state index contributed by atoms with van der Waals surface area (Å²) in [6.07, 6.45) is 1.50. The van der Waals surface area contributed by atoms with Crippen LogP contribution < -0.4 is 5.32 Å². The SMILES string of the molecule is Cc1cc(F)ccc1Nc1c(C(=O)N2CCOCC2)cnc2ccc(F)cc12. The fourth-order valence-corrected chi connectivity index (χ4v) is 3.30. The van der Waals surface area contributed by atoms with Crippen LogP contribution >= 0.6 is 0 Å². The number of benzene rings is 2. The zero-order chi connectivity index (χ0) is 19.7. The molecule has 4 rings (SSSR count). The summed E-state index contributed by atoms with van der Waals surface area (Å²) >= 11 is 0. The molecule has 0 saturated carbocycles. The lowest BCUT2D eigenvalue weighted by Gasteiger charge is -2.28. The highest BCUT2D eigenvalue weighted by molar-refractivity contribution is 6.08. The molecule has 2 aromatic carbocycles. The third kappa shape index (κ3) is 3.53. The maximum absolute atomic E-state index is 14.0. The van der Waals surface area contributed by atoms with Crippen molar-refractivity contribution in [1.29, 1.82) is 0 Å². The monoisotopic (exact) mass is 383 g/mol. The van der Waals surface area contributed by atoms with Gasteiger partial charge in [-0.1, -0.05) is 0 Å². The van der Waals surface area contributed by atoms with Crippen molar-refractivity contribution in [3.8, 4) is 0 Å². The predicted molar refractivity (Wildman–Crippen MR) is 103 cm³/mol. The second-order valence-electron chi connectivity index (χ2n) is 6.70. The van der Waals surface area contributed by atoms with Crippen LogP contribution in [-0.4, -0.2) is 42.1 Å². The van der Waals surface area contributed by atoms with E-state index in [1.807, 2.05) is 0 Å². The highest BCUT2D eigenvalue weighted by atomic mass is 19.1. The van der Waals surface area contributed by atoms with E-state index in [1.54, 1.807) is 24.0 Å². The molecule has 0 aliphatic carbocycles. The molecule has 1 aliphatic rings. The van der Waals surface area contributed by atoms with Crippen molar-refractivity contribution < 1.29 is 18.3 Å². The Hall–Kier alpha value is -3.06. The number of hydrogen-bond donors (Lipinski definition) is 1. The maximum Gasteiger partial charge on any atom is 0.257 e. The number of fused-ring (bicyclic) bond motifs is 1. The number of halogens is 2. The average molecular weight is 383 g/mol. The lowest BCUT2D eigenvalue weighted by molar-refractivity contribution is 0.0303. The topological polar surface area (TPSA) is 54.5 Å². The molecule has 144 valence electrons. The van der Waals surface area contributed by atoms with Gasteiger partial charge >= 0.3 is 0 Å². The first-order valence-electron chi connectivity index (χ1n) is 9.01. The van der Waals surface area contributed by atoms with Gasteiger partial charge in [0.1, 0.15) is 11.6 Å². The summed E-state index contributed by atoms with van der Waals surface area (Å²) in [5, 5.41) is 3.69. The molecular formula is C21H19F2N3O2. The molecule has 0 spiro atoms. The van der Waals surface area contributed by atoms with Gasteiger partial charge in [-0.3, -0.25) is 9.78 Å². The maximum atomic E-state index is 14.0. The predicted octanol–water partition coefficient (Wildman–Crippen LogP) is 4.04. The number of amides is 1. The molecule has 0 radical (unpaired) electrons. The summed E-state index contributed by atoms with van der Waals surface area (Å²) in [5.74, 6) is -0.980. The number of pyridine rings is 1. The van der Waals surface area contributed by atoms with Gasteiger partial charge < -0.3 is 15.0 Å². The molecule has 0 unspecified atom stereocenters. The molecular weight excluding hydrogens is 364 g/mol. The molecule has 7 heteroatoms. The van der Waals surface area contributed by atoms with Crippen molar-refractivity contribution in [1.82, 2.24) is 9.88 Å². The van der Waals surface area contributed by atoms with Crippen LogP contribution in [0.2, 0.25) is 0 Å². The summed E-state index contributed by atoms with van der Waals surface area (Å²) in [6, 6.07) is 8.57. The van der Waals surface area contributed by atoms with Gasteiger partial charge in [0.15, 0.2) is 0 Å². The molecule has 1 aromatic heterocycles. The Morgan fingerprint density at radius 1 is 1.11 bits per heavy atom. The summed E-state index contributed by atoms with van der Waals surface area (Å²) in [6.45, 7) is 3.67. The van der Waals surface area contributed by atoms with Crippen molar-refractivity contribution in [2.75, 3.05) is 31.6 Å². The number of morpholine rings is 1. The largest absolute Gasteiger partial charge is 0.378 e. The molecule has 5 nitrogen and oxygen atoms in total. The third-order valence-corrected chi connectivity index (χ3v) is 4.81. The molecule has 1 fully saturated rings. The molecule has 0 atom stereocenters. The van der Waals surface area contributed by atoms with Crippen LogP contribution in [0.5, 0.6) is 0 Å². The van der Waals surface area contributed by atoms with E-state index in [0.29, 0.717) is 59.7 Å². The fourth-order valence-electron chi connectivity index (χ4n) is 3.30. The minimum Gasteiger partial charge on any atom is -0.378 e. The minimum atomic E-state index is -0.427. The van der Waals surface area contributed by atoms with Gasteiger partial charge in [-0.15, -0.1) is 0 Å². The second kappa shape index (κ2) is 7.52.